The average Bonchev–Trinajstić information content (AvgIpc) is 2.36. The number of ether oxygens (including phenoxy) is 2. The maximum absolute atomic E-state index is 11.1. The lowest BCUT2D eigenvalue weighted by Gasteiger charge is -2.10. The Hall–Kier alpha value is -2.17. The molecule has 18 heavy (non-hydrogen) atoms. The summed E-state index contributed by atoms with van der Waals surface area (Å²) in [5.74, 6) is 0.489. The number of esters is 1. The molecule has 0 spiro atoms. The molecule has 0 fully saturated rings. The lowest BCUT2D eigenvalue weighted by molar-refractivity contribution is -0.131. The Balaban J connectivity index is 2.65. The van der Waals surface area contributed by atoms with Crippen LogP contribution < -0.4 is 9.47 Å². The summed E-state index contributed by atoms with van der Waals surface area (Å²) >= 11 is 0. The van der Waals surface area contributed by atoms with Crippen LogP contribution in [0.25, 0.3) is 10.9 Å². The van der Waals surface area contributed by atoms with Crippen LogP contribution in [0.4, 0.5) is 0 Å². The van der Waals surface area contributed by atoms with Crippen LogP contribution in [0.5, 0.6) is 11.5 Å². The summed E-state index contributed by atoms with van der Waals surface area (Å²) in [6.07, 6.45) is 2.30. The monoisotopic (exact) mass is 246 g/mol. The lowest BCUT2D eigenvalue weighted by Crippen LogP contribution is -2.03. The molecule has 0 N–H and O–H groups in total. The molecule has 2 rings (SSSR count). The summed E-state index contributed by atoms with van der Waals surface area (Å²) < 4.78 is 10.3. The average molecular weight is 246 g/mol. The highest BCUT2D eigenvalue weighted by atomic mass is 16.6. The zero-order valence-electron chi connectivity index (χ0n) is 10.6. The Morgan fingerprint density at radius 3 is 2.67 bits per heavy atom. The number of fused-ring (bicyclic) bond motifs is 1. The van der Waals surface area contributed by atoms with Gasteiger partial charge in [-0.05, 0) is 12.5 Å². The number of carbonyl (C=O) groups excluding carboxylic acids is 1. The summed E-state index contributed by atoms with van der Waals surface area (Å²) in [4.78, 5) is 19.5. The van der Waals surface area contributed by atoms with E-state index in [0.29, 0.717) is 11.5 Å². The minimum absolute atomic E-state index is 0.387. The van der Waals surface area contributed by atoms with E-state index in [9.17, 15) is 4.79 Å². The van der Waals surface area contributed by atoms with Crippen molar-refractivity contribution in [2.24, 2.45) is 0 Å². The third-order valence-corrected chi connectivity index (χ3v) is 2.59. The van der Waals surface area contributed by atoms with E-state index in [0.717, 1.165) is 23.0 Å². The number of hydrogen-bond acceptors (Lipinski definition) is 5. The van der Waals surface area contributed by atoms with Crippen LogP contribution in [0, 0.1) is 0 Å². The first-order valence-electron chi connectivity index (χ1n) is 5.65. The Labute approximate surface area is 105 Å². The van der Waals surface area contributed by atoms with E-state index >= 15 is 0 Å². The van der Waals surface area contributed by atoms with Gasteiger partial charge in [0.25, 0.3) is 0 Å². The minimum atomic E-state index is -0.387. The second-order valence-electron chi connectivity index (χ2n) is 3.79. The molecule has 1 aromatic heterocycles. The molecule has 1 aromatic carbocycles. The largest absolute Gasteiger partial charge is 0.493 e. The van der Waals surface area contributed by atoms with E-state index in [1.54, 1.807) is 12.1 Å². The Kier molecular flexibility index (Phi) is 3.41. The Morgan fingerprint density at radius 2 is 2.06 bits per heavy atom. The molecule has 5 nitrogen and oxygen atoms in total. The van der Waals surface area contributed by atoms with Crippen molar-refractivity contribution in [1.82, 2.24) is 9.97 Å². The van der Waals surface area contributed by atoms with Gasteiger partial charge in [-0.25, -0.2) is 9.97 Å². The molecule has 0 aliphatic rings. The van der Waals surface area contributed by atoms with Crippen LogP contribution >= 0.6 is 0 Å². The number of methoxy groups -OCH3 is 1. The zero-order chi connectivity index (χ0) is 13.1. The first-order chi connectivity index (χ1) is 8.65. The standard InChI is InChI=1S/C13H14N2O3/c1-4-10-9-5-13(18-8(2)16)12(17-3)6-11(9)15-7-14-10/h5-7H,4H2,1-3H3. The summed E-state index contributed by atoms with van der Waals surface area (Å²) in [5.41, 5.74) is 1.69. The topological polar surface area (TPSA) is 61.3 Å². The highest BCUT2D eigenvalue weighted by Gasteiger charge is 2.12. The van der Waals surface area contributed by atoms with E-state index in [2.05, 4.69) is 9.97 Å². The Bertz CT molecular complexity index is 596. The first-order valence-corrected chi connectivity index (χ1v) is 5.65. The molecule has 5 heteroatoms. The van der Waals surface area contributed by atoms with Crippen molar-refractivity contribution in [2.75, 3.05) is 7.11 Å². The number of carbonyl (C=O) groups is 1. The van der Waals surface area contributed by atoms with E-state index in [4.69, 9.17) is 9.47 Å². The summed E-state index contributed by atoms with van der Waals surface area (Å²) in [5, 5.41) is 0.872. The number of rotatable bonds is 3. The van der Waals surface area contributed by atoms with Crippen molar-refractivity contribution in [3.05, 3.63) is 24.2 Å². The lowest BCUT2D eigenvalue weighted by atomic mass is 10.1. The normalized spacial score (nSPS) is 10.4. The van der Waals surface area contributed by atoms with Gasteiger partial charge in [0, 0.05) is 18.4 Å². The number of nitrogens with zero attached hydrogens (tertiary/aromatic N) is 2. The van der Waals surface area contributed by atoms with E-state index in [-0.39, 0.29) is 5.97 Å². The molecular formula is C13H14N2O3. The second-order valence-corrected chi connectivity index (χ2v) is 3.79. The first kappa shape index (κ1) is 12.3. The molecule has 0 aliphatic heterocycles. The number of hydrogen-bond donors (Lipinski definition) is 0. The van der Waals surface area contributed by atoms with E-state index in [1.807, 2.05) is 6.92 Å². The molecule has 94 valence electrons. The van der Waals surface area contributed by atoms with Crippen molar-refractivity contribution in [1.29, 1.82) is 0 Å². The summed E-state index contributed by atoms with van der Waals surface area (Å²) in [7, 11) is 1.52. The second kappa shape index (κ2) is 5.00. The third-order valence-electron chi connectivity index (χ3n) is 2.59. The molecule has 0 aliphatic carbocycles. The van der Waals surface area contributed by atoms with Crippen LogP contribution in [-0.2, 0) is 11.2 Å². The van der Waals surface area contributed by atoms with Gasteiger partial charge >= 0.3 is 5.97 Å². The van der Waals surface area contributed by atoms with Crippen molar-refractivity contribution in [3.63, 3.8) is 0 Å². The SMILES string of the molecule is CCc1ncnc2cc(OC)c(OC(C)=O)cc12. The van der Waals surface area contributed by atoms with Gasteiger partial charge in [0.15, 0.2) is 11.5 Å². The molecule has 2 aromatic rings. The Morgan fingerprint density at radius 1 is 1.28 bits per heavy atom. The van der Waals surface area contributed by atoms with Crippen LogP contribution in [0.1, 0.15) is 19.5 Å². The predicted octanol–water partition coefficient (Wildman–Crippen LogP) is 2.13. The fourth-order valence-corrected chi connectivity index (χ4v) is 1.79. The summed E-state index contributed by atoms with van der Waals surface area (Å²) in [6.45, 7) is 3.36. The molecule has 0 saturated carbocycles. The highest BCUT2D eigenvalue weighted by molar-refractivity contribution is 5.85. The molecule has 0 saturated heterocycles. The van der Waals surface area contributed by atoms with Gasteiger partial charge in [0.1, 0.15) is 6.33 Å². The highest BCUT2D eigenvalue weighted by Crippen LogP contribution is 2.32. The van der Waals surface area contributed by atoms with Crippen LogP contribution in [-0.4, -0.2) is 23.0 Å². The van der Waals surface area contributed by atoms with Gasteiger partial charge in [-0.15, -0.1) is 0 Å². The van der Waals surface area contributed by atoms with E-state index in [1.165, 1.54) is 20.4 Å². The minimum Gasteiger partial charge on any atom is -0.493 e. The predicted molar refractivity (Wildman–Crippen MR) is 66.8 cm³/mol. The van der Waals surface area contributed by atoms with Gasteiger partial charge < -0.3 is 9.47 Å². The molecule has 0 atom stereocenters. The quantitative estimate of drug-likeness (QED) is 0.613. The van der Waals surface area contributed by atoms with Crippen molar-refractivity contribution in [2.45, 2.75) is 20.3 Å². The van der Waals surface area contributed by atoms with Crippen molar-refractivity contribution in [3.8, 4) is 11.5 Å². The van der Waals surface area contributed by atoms with Crippen molar-refractivity contribution < 1.29 is 14.3 Å². The molecule has 0 amide bonds. The number of benzene rings is 1. The van der Waals surface area contributed by atoms with Crippen LogP contribution in [0.3, 0.4) is 0 Å². The van der Waals surface area contributed by atoms with Gasteiger partial charge in [-0.3, -0.25) is 4.79 Å². The van der Waals surface area contributed by atoms with Crippen molar-refractivity contribution >= 4 is 16.9 Å². The van der Waals surface area contributed by atoms with Gasteiger partial charge in [0.05, 0.1) is 18.3 Å². The zero-order valence-corrected chi connectivity index (χ0v) is 10.6. The number of aryl methyl sites for hydroxylation is 1. The summed E-state index contributed by atoms with van der Waals surface area (Å²) in [6, 6.07) is 3.49. The molecular weight excluding hydrogens is 232 g/mol. The van der Waals surface area contributed by atoms with E-state index < -0.39 is 0 Å². The maximum Gasteiger partial charge on any atom is 0.308 e. The van der Waals surface area contributed by atoms with Gasteiger partial charge in [-0.2, -0.15) is 0 Å². The number of aromatic nitrogens is 2. The molecule has 1 heterocycles. The third kappa shape index (κ3) is 2.25. The van der Waals surface area contributed by atoms with Crippen LogP contribution in [0.15, 0.2) is 18.5 Å². The smallest absolute Gasteiger partial charge is 0.308 e. The fourth-order valence-electron chi connectivity index (χ4n) is 1.79. The molecule has 0 bridgehead atoms. The fraction of sp³-hybridized carbons (Fsp3) is 0.308. The molecule has 0 unspecified atom stereocenters. The van der Waals surface area contributed by atoms with Crippen LogP contribution in [0.2, 0.25) is 0 Å². The molecule has 0 radical (unpaired) electrons. The van der Waals surface area contributed by atoms with Gasteiger partial charge in [-0.1, -0.05) is 6.92 Å². The van der Waals surface area contributed by atoms with Gasteiger partial charge in [0.2, 0.25) is 0 Å². The maximum atomic E-state index is 11.1.